The maximum atomic E-state index is 12.3. The molecular weight excluding hydrogens is 300 g/mol. The molecule has 0 spiro atoms. The van der Waals surface area contributed by atoms with Gasteiger partial charge >= 0.3 is 0 Å². The van der Waals surface area contributed by atoms with Crippen LogP contribution in [0.2, 0.25) is 0 Å². The Morgan fingerprint density at radius 1 is 1.00 bits per heavy atom. The van der Waals surface area contributed by atoms with Crippen molar-refractivity contribution >= 4 is 16.4 Å². The van der Waals surface area contributed by atoms with E-state index in [0.29, 0.717) is 12.1 Å². The van der Waals surface area contributed by atoms with Gasteiger partial charge < -0.3 is 13.7 Å². The van der Waals surface area contributed by atoms with Crippen LogP contribution in [0.15, 0.2) is 65.7 Å². The fourth-order valence-corrected chi connectivity index (χ4v) is 3.05. The van der Waals surface area contributed by atoms with Gasteiger partial charge in [0.05, 0.1) is 5.52 Å². The topological polar surface area (TPSA) is 35.6 Å². The molecule has 0 atom stereocenters. The fourth-order valence-electron chi connectivity index (χ4n) is 3.05. The van der Waals surface area contributed by atoms with E-state index in [2.05, 4.69) is 0 Å². The molecule has 0 radical (unpaired) electrons. The summed E-state index contributed by atoms with van der Waals surface area (Å²) in [4.78, 5) is 12.3. The molecule has 0 fully saturated rings. The normalized spacial score (nSPS) is 11.2. The van der Waals surface area contributed by atoms with Crippen LogP contribution in [0.3, 0.4) is 0 Å². The Balaban J connectivity index is 1.79. The molecule has 4 heteroatoms. The zero-order valence-electron chi connectivity index (χ0n) is 13.7. The molecule has 0 amide bonds. The summed E-state index contributed by atoms with van der Waals surface area (Å²) < 4.78 is 9.52. The monoisotopic (exact) mass is 318 g/mol. The standard InChI is InChI=1S/C20H18N2O2/c1-14-16-12-18-20(23)21(2)10-11-22(18)17(16)8-9-19(14)24-13-15-6-4-3-5-7-15/h3-12H,13H2,1-2H3. The Bertz CT molecular complexity index is 1090. The van der Waals surface area contributed by atoms with Crippen molar-refractivity contribution in [3.05, 3.63) is 82.4 Å². The molecule has 2 heterocycles. The molecule has 0 N–H and O–H groups in total. The van der Waals surface area contributed by atoms with Crippen LogP contribution in [0, 0.1) is 6.92 Å². The van der Waals surface area contributed by atoms with Gasteiger partial charge in [-0.2, -0.15) is 0 Å². The van der Waals surface area contributed by atoms with Crippen molar-refractivity contribution in [2.24, 2.45) is 7.05 Å². The molecule has 4 aromatic rings. The first-order valence-electron chi connectivity index (χ1n) is 7.92. The molecule has 0 aliphatic rings. The van der Waals surface area contributed by atoms with Crippen molar-refractivity contribution in [1.82, 2.24) is 8.97 Å². The van der Waals surface area contributed by atoms with Gasteiger partial charge in [0.25, 0.3) is 5.56 Å². The number of hydrogen-bond acceptors (Lipinski definition) is 2. The van der Waals surface area contributed by atoms with Gasteiger partial charge in [0, 0.05) is 30.4 Å². The summed E-state index contributed by atoms with van der Waals surface area (Å²) in [5.74, 6) is 0.846. The lowest BCUT2D eigenvalue weighted by atomic mass is 10.1. The lowest BCUT2D eigenvalue weighted by Gasteiger charge is -2.10. The number of hydrogen-bond donors (Lipinski definition) is 0. The molecule has 0 aliphatic carbocycles. The molecule has 2 aromatic carbocycles. The van der Waals surface area contributed by atoms with Crippen LogP contribution in [0.25, 0.3) is 16.4 Å². The SMILES string of the molecule is Cc1c(OCc2ccccc2)ccc2c1cc1c(=O)n(C)ccn12. The molecule has 0 bridgehead atoms. The zero-order valence-corrected chi connectivity index (χ0v) is 13.7. The first-order chi connectivity index (χ1) is 11.6. The predicted octanol–water partition coefficient (Wildman–Crippen LogP) is 3.68. The number of nitrogens with zero attached hydrogens (tertiary/aromatic N) is 2. The van der Waals surface area contributed by atoms with Gasteiger partial charge in [0.1, 0.15) is 17.9 Å². The van der Waals surface area contributed by atoms with Crippen LogP contribution in [-0.2, 0) is 13.7 Å². The van der Waals surface area contributed by atoms with E-state index >= 15 is 0 Å². The van der Waals surface area contributed by atoms with Crippen molar-refractivity contribution in [3.8, 4) is 5.75 Å². The van der Waals surface area contributed by atoms with Crippen LogP contribution in [0.1, 0.15) is 11.1 Å². The number of benzene rings is 2. The third kappa shape index (κ3) is 2.27. The van der Waals surface area contributed by atoms with E-state index in [1.165, 1.54) is 0 Å². The van der Waals surface area contributed by atoms with Gasteiger partial charge in [-0.15, -0.1) is 0 Å². The summed E-state index contributed by atoms with van der Waals surface area (Å²) in [6.45, 7) is 2.56. The molecule has 4 rings (SSSR count). The highest BCUT2D eigenvalue weighted by Gasteiger charge is 2.11. The molecule has 4 nitrogen and oxygen atoms in total. The smallest absolute Gasteiger partial charge is 0.274 e. The van der Waals surface area contributed by atoms with Crippen molar-refractivity contribution in [2.75, 3.05) is 0 Å². The molecule has 24 heavy (non-hydrogen) atoms. The maximum absolute atomic E-state index is 12.3. The number of aromatic nitrogens is 2. The average molecular weight is 318 g/mol. The van der Waals surface area contributed by atoms with Crippen molar-refractivity contribution in [1.29, 1.82) is 0 Å². The lowest BCUT2D eigenvalue weighted by Crippen LogP contribution is -2.17. The van der Waals surface area contributed by atoms with Gasteiger partial charge in [-0.25, -0.2) is 0 Å². The average Bonchev–Trinajstić information content (AvgIpc) is 2.99. The Morgan fingerprint density at radius 2 is 1.79 bits per heavy atom. The zero-order chi connectivity index (χ0) is 16.7. The second kappa shape index (κ2) is 5.57. The summed E-state index contributed by atoms with van der Waals surface area (Å²) in [5, 5.41) is 1.05. The highest BCUT2D eigenvalue weighted by Crippen LogP contribution is 2.29. The van der Waals surface area contributed by atoms with E-state index < -0.39 is 0 Å². The van der Waals surface area contributed by atoms with Gasteiger partial charge in [-0.3, -0.25) is 4.79 Å². The summed E-state index contributed by atoms with van der Waals surface area (Å²) in [6.07, 6.45) is 3.70. The van der Waals surface area contributed by atoms with E-state index in [-0.39, 0.29) is 5.56 Å². The minimum atomic E-state index is -0.000135. The van der Waals surface area contributed by atoms with Crippen molar-refractivity contribution < 1.29 is 4.74 Å². The molecule has 0 saturated heterocycles. The number of ether oxygens (including phenoxy) is 1. The van der Waals surface area contributed by atoms with E-state index in [1.54, 1.807) is 17.8 Å². The van der Waals surface area contributed by atoms with Gasteiger partial charge in [-0.05, 0) is 30.7 Å². The quantitative estimate of drug-likeness (QED) is 0.578. The molecular formula is C20H18N2O2. The minimum Gasteiger partial charge on any atom is -0.489 e. The Hall–Kier alpha value is -3.01. The second-order valence-electron chi connectivity index (χ2n) is 6.01. The minimum absolute atomic E-state index is 0.000135. The highest BCUT2D eigenvalue weighted by atomic mass is 16.5. The Labute approximate surface area is 139 Å². The lowest BCUT2D eigenvalue weighted by molar-refractivity contribution is 0.304. The molecule has 0 unspecified atom stereocenters. The second-order valence-corrected chi connectivity index (χ2v) is 6.01. The largest absolute Gasteiger partial charge is 0.489 e. The van der Waals surface area contributed by atoms with E-state index in [1.807, 2.05) is 66.1 Å². The predicted molar refractivity (Wildman–Crippen MR) is 95.7 cm³/mol. The third-order valence-corrected chi connectivity index (χ3v) is 4.46. The summed E-state index contributed by atoms with van der Waals surface area (Å²) in [5.41, 5.74) is 3.88. The third-order valence-electron chi connectivity index (χ3n) is 4.46. The Kier molecular flexibility index (Phi) is 3.38. The molecule has 0 saturated carbocycles. The number of fused-ring (bicyclic) bond motifs is 3. The summed E-state index contributed by atoms with van der Waals surface area (Å²) in [7, 11) is 1.77. The van der Waals surface area contributed by atoms with Crippen LogP contribution in [0.5, 0.6) is 5.75 Å². The van der Waals surface area contributed by atoms with Gasteiger partial charge in [0.15, 0.2) is 0 Å². The highest BCUT2D eigenvalue weighted by molar-refractivity contribution is 5.91. The van der Waals surface area contributed by atoms with E-state index in [0.717, 1.165) is 27.8 Å². The van der Waals surface area contributed by atoms with Crippen LogP contribution in [0.4, 0.5) is 0 Å². The van der Waals surface area contributed by atoms with E-state index in [9.17, 15) is 4.79 Å². The van der Waals surface area contributed by atoms with Crippen LogP contribution < -0.4 is 10.3 Å². The van der Waals surface area contributed by atoms with Crippen molar-refractivity contribution in [3.63, 3.8) is 0 Å². The van der Waals surface area contributed by atoms with Crippen molar-refractivity contribution in [2.45, 2.75) is 13.5 Å². The fraction of sp³-hybridized carbons (Fsp3) is 0.150. The maximum Gasteiger partial charge on any atom is 0.274 e. The van der Waals surface area contributed by atoms with Gasteiger partial charge in [0.2, 0.25) is 0 Å². The van der Waals surface area contributed by atoms with Crippen LogP contribution >= 0.6 is 0 Å². The molecule has 120 valence electrons. The summed E-state index contributed by atoms with van der Waals surface area (Å²) >= 11 is 0. The Morgan fingerprint density at radius 3 is 2.58 bits per heavy atom. The van der Waals surface area contributed by atoms with Crippen LogP contribution in [-0.4, -0.2) is 8.97 Å². The summed E-state index contributed by atoms with van der Waals surface area (Å²) in [6, 6.07) is 16.0. The first kappa shape index (κ1) is 14.6. The first-order valence-corrected chi connectivity index (χ1v) is 7.92. The number of rotatable bonds is 3. The molecule has 0 aliphatic heterocycles. The molecule has 2 aromatic heterocycles. The number of aryl methyl sites for hydroxylation is 2. The van der Waals surface area contributed by atoms with E-state index in [4.69, 9.17) is 4.74 Å². The van der Waals surface area contributed by atoms with Gasteiger partial charge in [-0.1, -0.05) is 30.3 Å².